The number of rotatable bonds is 7. The van der Waals surface area contributed by atoms with E-state index in [2.05, 4.69) is 28.2 Å². The lowest BCUT2D eigenvalue weighted by atomic mass is 9.89. The molecule has 4 atom stereocenters. The standard InChI is InChI=1S/C33H40N5O7PS/c1-20-18-45-12-11-37(20)27-9-10-34-15-25(27)23-16-36(17-23)33(41)28-7-6-24-3-2-4-26(32(40)38(24)28)35-31(39)30-14-22-13-21(19-46(42,43)44)5-8-29(22)47-30/h5,8-10,13-15,20,23-24,26,28H,2-4,6-7,11-12,16-19H2,1H3,(H,35,39)(H2,42,43,44)/t20-,24+,26+,28+/m1/s1. The predicted octanol–water partition coefficient (Wildman–Crippen LogP) is 3.47. The molecule has 4 saturated heterocycles. The Bertz CT molecular complexity index is 1740. The van der Waals surface area contributed by atoms with E-state index in [1.54, 1.807) is 29.2 Å². The van der Waals surface area contributed by atoms with E-state index in [1.807, 2.05) is 17.3 Å². The summed E-state index contributed by atoms with van der Waals surface area (Å²) in [6, 6.07) is 7.82. The minimum absolute atomic E-state index is 0.0140. The lowest BCUT2D eigenvalue weighted by Crippen LogP contribution is -2.58. The molecule has 6 heterocycles. The van der Waals surface area contributed by atoms with Crippen LogP contribution in [0.4, 0.5) is 5.69 Å². The third-order valence-corrected chi connectivity index (χ3v) is 11.9. The first-order valence-corrected chi connectivity index (χ1v) is 18.9. The molecule has 3 aromatic rings. The molecule has 3 amide bonds. The molecule has 4 aliphatic rings. The molecule has 12 nitrogen and oxygen atoms in total. The molecular weight excluding hydrogens is 641 g/mol. The summed E-state index contributed by atoms with van der Waals surface area (Å²) in [5.74, 6) is -0.412. The number of aromatic nitrogens is 1. The van der Waals surface area contributed by atoms with Crippen LogP contribution in [0.3, 0.4) is 0 Å². The van der Waals surface area contributed by atoms with E-state index in [0.29, 0.717) is 55.0 Å². The molecule has 0 spiro atoms. The summed E-state index contributed by atoms with van der Waals surface area (Å²) in [6.45, 7) is 5.50. The highest BCUT2D eigenvalue weighted by atomic mass is 32.1. The van der Waals surface area contributed by atoms with Crippen molar-refractivity contribution in [1.82, 2.24) is 20.1 Å². The SMILES string of the molecule is C[C@@H]1COCCN1c1ccncc1C1CN(C(=O)[C@@H]2CC[C@@H]3CCC[C@H](NC(=O)c4cc5cc(CP(=O)(O)O)ccc5s4)C(=O)N32)C1. The average Bonchev–Trinajstić information content (AvgIpc) is 3.60. The third-order valence-electron chi connectivity index (χ3n) is 10.0. The minimum Gasteiger partial charge on any atom is -0.377 e. The Balaban J connectivity index is 1.01. The Labute approximate surface area is 277 Å². The molecule has 0 bridgehead atoms. The Morgan fingerprint density at radius 1 is 1.13 bits per heavy atom. The Morgan fingerprint density at radius 2 is 1.96 bits per heavy atom. The highest BCUT2D eigenvalue weighted by molar-refractivity contribution is 7.50. The number of carbonyl (C=O) groups excluding carboxylic acids is 3. The zero-order chi connectivity index (χ0) is 32.9. The number of benzene rings is 1. The molecule has 0 saturated carbocycles. The molecule has 4 aliphatic heterocycles. The van der Waals surface area contributed by atoms with Crippen LogP contribution in [0.25, 0.3) is 10.1 Å². The molecule has 250 valence electrons. The van der Waals surface area contributed by atoms with Crippen molar-refractivity contribution in [2.45, 2.75) is 75.3 Å². The number of fused-ring (bicyclic) bond motifs is 2. The minimum atomic E-state index is -4.22. The molecule has 4 fully saturated rings. The van der Waals surface area contributed by atoms with Gasteiger partial charge in [-0.25, -0.2) is 0 Å². The van der Waals surface area contributed by atoms with E-state index in [1.165, 1.54) is 11.3 Å². The second kappa shape index (κ2) is 12.9. The first-order chi connectivity index (χ1) is 22.6. The number of nitrogens with zero attached hydrogens (tertiary/aromatic N) is 4. The molecule has 2 aromatic heterocycles. The largest absolute Gasteiger partial charge is 0.377 e. The number of ether oxygens (including phenoxy) is 1. The normalized spacial score (nSPS) is 25.4. The fourth-order valence-corrected chi connectivity index (χ4v) is 9.25. The topological polar surface area (TPSA) is 153 Å². The summed E-state index contributed by atoms with van der Waals surface area (Å²) in [7, 11) is -4.22. The number of pyridine rings is 1. The zero-order valence-corrected chi connectivity index (χ0v) is 28.0. The van der Waals surface area contributed by atoms with Crippen molar-refractivity contribution >= 4 is 52.4 Å². The van der Waals surface area contributed by atoms with Gasteiger partial charge in [-0.3, -0.25) is 23.9 Å². The highest BCUT2D eigenvalue weighted by Crippen LogP contribution is 2.41. The quantitative estimate of drug-likeness (QED) is 0.319. The van der Waals surface area contributed by atoms with E-state index in [9.17, 15) is 28.7 Å². The maximum absolute atomic E-state index is 14.0. The van der Waals surface area contributed by atoms with Crippen LogP contribution in [0.2, 0.25) is 0 Å². The van der Waals surface area contributed by atoms with Gasteiger partial charge in [0.15, 0.2) is 0 Å². The van der Waals surface area contributed by atoms with Gasteiger partial charge in [0.25, 0.3) is 5.91 Å². The molecule has 3 N–H and O–H groups in total. The Kier molecular flexibility index (Phi) is 8.86. The van der Waals surface area contributed by atoms with Crippen LogP contribution in [-0.2, 0) is 25.1 Å². The Morgan fingerprint density at radius 3 is 2.74 bits per heavy atom. The van der Waals surface area contributed by atoms with Gasteiger partial charge in [0.1, 0.15) is 12.1 Å². The monoisotopic (exact) mass is 681 g/mol. The van der Waals surface area contributed by atoms with E-state index in [0.717, 1.165) is 41.8 Å². The summed E-state index contributed by atoms with van der Waals surface area (Å²) < 4.78 is 17.9. The van der Waals surface area contributed by atoms with Gasteiger partial charge < -0.3 is 34.5 Å². The number of hydrogen-bond donors (Lipinski definition) is 3. The number of hydrogen-bond acceptors (Lipinski definition) is 8. The molecule has 7 rings (SSSR count). The fourth-order valence-electron chi connectivity index (χ4n) is 7.63. The van der Waals surface area contributed by atoms with Crippen LogP contribution >= 0.6 is 18.9 Å². The van der Waals surface area contributed by atoms with Gasteiger partial charge in [-0.05, 0) is 74.2 Å². The predicted molar refractivity (Wildman–Crippen MR) is 178 cm³/mol. The third kappa shape index (κ3) is 6.56. The van der Waals surface area contributed by atoms with Crippen LogP contribution in [0, 0.1) is 0 Å². The van der Waals surface area contributed by atoms with E-state index < -0.39 is 19.7 Å². The maximum Gasteiger partial charge on any atom is 0.329 e. The van der Waals surface area contributed by atoms with Gasteiger partial charge in [-0.2, -0.15) is 0 Å². The number of thiophene rings is 1. The fraction of sp³-hybridized carbons (Fsp3) is 0.515. The van der Waals surface area contributed by atoms with Gasteiger partial charge in [0.05, 0.1) is 24.3 Å². The van der Waals surface area contributed by atoms with Crippen LogP contribution in [0.15, 0.2) is 42.7 Å². The van der Waals surface area contributed by atoms with E-state index in [4.69, 9.17) is 4.74 Å². The number of likely N-dealkylation sites (tertiary alicyclic amines) is 1. The van der Waals surface area contributed by atoms with Crippen molar-refractivity contribution in [3.63, 3.8) is 0 Å². The average molecular weight is 682 g/mol. The van der Waals surface area contributed by atoms with Crippen LogP contribution in [0.5, 0.6) is 0 Å². The second-order valence-electron chi connectivity index (χ2n) is 13.2. The molecule has 47 heavy (non-hydrogen) atoms. The van der Waals surface area contributed by atoms with Gasteiger partial charge >= 0.3 is 7.60 Å². The summed E-state index contributed by atoms with van der Waals surface area (Å²) in [4.78, 5) is 70.7. The van der Waals surface area contributed by atoms with Crippen molar-refractivity contribution in [3.8, 4) is 0 Å². The van der Waals surface area contributed by atoms with Crippen molar-refractivity contribution < 1.29 is 33.5 Å². The summed E-state index contributed by atoms with van der Waals surface area (Å²) in [5, 5.41) is 3.66. The first-order valence-electron chi connectivity index (χ1n) is 16.3. The van der Waals surface area contributed by atoms with E-state index >= 15 is 0 Å². The Hall–Kier alpha value is -3.35. The lowest BCUT2D eigenvalue weighted by molar-refractivity contribution is -0.148. The molecule has 14 heteroatoms. The molecule has 0 radical (unpaired) electrons. The smallest absolute Gasteiger partial charge is 0.329 e. The summed E-state index contributed by atoms with van der Waals surface area (Å²) >= 11 is 1.27. The van der Waals surface area contributed by atoms with Crippen LogP contribution in [-0.4, -0.2) is 99.3 Å². The van der Waals surface area contributed by atoms with Crippen molar-refractivity contribution in [1.29, 1.82) is 0 Å². The van der Waals surface area contributed by atoms with Gasteiger partial charge in [-0.1, -0.05) is 6.07 Å². The molecular formula is C33H40N5O7PS. The van der Waals surface area contributed by atoms with Crippen LogP contribution < -0.4 is 10.2 Å². The summed E-state index contributed by atoms with van der Waals surface area (Å²) in [5.41, 5.74) is 2.78. The number of carbonyl (C=O) groups is 3. The number of morpholine rings is 1. The molecule has 0 unspecified atom stereocenters. The van der Waals surface area contributed by atoms with E-state index in [-0.39, 0.29) is 41.9 Å². The maximum atomic E-state index is 14.0. The molecule has 0 aliphatic carbocycles. The zero-order valence-electron chi connectivity index (χ0n) is 26.3. The van der Waals surface area contributed by atoms with Crippen LogP contribution in [0.1, 0.15) is 65.7 Å². The van der Waals surface area contributed by atoms with Crippen molar-refractivity contribution in [2.24, 2.45) is 0 Å². The first kappa shape index (κ1) is 32.2. The van der Waals surface area contributed by atoms with Gasteiger partial charge in [-0.15, -0.1) is 11.3 Å². The second-order valence-corrected chi connectivity index (χ2v) is 16.0. The number of amides is 3. The van der Waals surface area contributed by atoms with Crippen molar-refractivity contribution in [3.05, 3.63) is 58.7 Å². The lowest BCUT2D eigenvalue weighted by Gasteiger charge is -2.44. The van der Waals surface area contributed by atoms with Gasteiger partial charge in [0, 0.05) is 66.0 Å². The van der Waals surface area contributed by atoms with Gasteiger partial charge in [0.2, 0.25) is 11.8 Å². The highest BCUT2D eigenvalue weighted by Gasteiger charge is 2.48. The van der Waals surface area contributed by atoms with Crippen molar-refractivity contribution in [2.75, 3.05) is 37.7 Å². The molecule has 1 aromatic carbocycles. The number of anilines is 1. The summed E-state index contributed by atoms with van der Waals surface area (Å²) in [6.07, 6.45) is 6.82. The number of nitrogens with one attached hydrogen (secondary N) is 1.